The summed E-state index contributed by atoms with van der Waals surface area (Å²) in [5.74, 6) is 0.301. The molecule has 2 unspecified atom stereocenters. The van der Waals surface area contributed by atoms with Crippen LogP contribution < -0.4 is 10.1 Å². The van der Waals surface area contributed by atoms with Gasteiger partial charge in [0.05, 0.1) is 17.7 Å². The van der Waals surface area contributed by atoms with Gasteiger partial charge >= 0.3 is 0 Å². The van der Waals surface area contributed by atoms with E-state index in [0.717, 1.165) is 0 Å². The van der Waals surface area contributed by atoms with Gasteiger partial charge < -0.3 is 15.2 Å². The molecule has 0 aliphatic heterocycles. The Bertz CT molecular complexity index is 449. The number of nitrogens with zero attached hydrogens (tertiary/aromatic N) is 1. The molecule has 1 rings (SSSR count). The van der Waals surface area contributed by atoms with Crippen molar-refractivity contribution in [2.24, 2.45) is 0 Å². The molecule has 2 atom stereocenters. The molecule has 0 fully saturated rings. The quantitative estimate of drug-likeness (QED) is 0.807. The van der Waals surface area contributed by atoms with Gasteiger partial charge in [0.25, 0.3) is 5.91 Å². The van der Waals surface area contributed by atoms with Crippen LogP contribution in [0, 0.1) is 11.3 Å². The van der Waals surface area contributed by atoms with Crippen LogP contribution in [0.5, 0.6) is 5.75 Å². The minimum absolute atomic E-state index is 0.0873. The summed E-state index contributed by atoms with van der Waals surface area (Å²) in [5, 5.41) is 20.6. The van der Waals surface area contributed by atoms with Crippen molar-refractivity contribution < 1.29 is 14.6 Å². The lowest BCUT2D eigenvalue weighted by atomic mass is 10.1. The van der Waals surface area contributed by atoms with Crippen LogP contribution in [0.2, 0.25) is 0 Å². The van der Waals surface area contributed by atoms with E-state index in [1.807, 2.05) is 13.0 Å². The number of benzene rings is 1. The smallest absolute Gasteiger partial charge is 0.258 e. The first-order chi connectivity index (χ1) is 9.01. The maximum Gasteiger partial charge on any atom is 0.258 e. The molecule has 0 heterocycles. The Morgan fingerprint density at radius 3 is 2.58 bits per heavy atom. The first kappa shape index (κ1) is 15.0. The number of amides is 1. The zero-order valence-electron chi connectivity index (χ0n) is 11.1. The minimum atomic E-state index is -0.449. The molecule has 0 spiro atoms. The van der Waals surface area contributed by atoms with Crippen molar-refractivity contribution in [3.63, 3.8) is 0 Å². The standard InChI is InChI=1S/C14H18N2O3/c1-10(7-11(2)17)16-14(18)9-19-13-5-3-12(8-15)4-6-13/h3-6,10-11,17H,7,9H2,1-2H3,(H,16,18). The van der Waals surface area contributed by atoms with Gasteiger partial charge in [-0.3, -0.25) is 4.79 Å². The molecule has 1 amide bonds. The number of aliphatic hydroxyl groups is 1. The first-order valence-electron chi connectivity index (χ1n) is 6.11. The molecule has 5 nitrogen and oxygen atoms in total. The number of hydrogen-bond acceptors (Lipinski definition) is 4. The summed E-state index contributed by atoms with van der Waals surface area (Å²) < 4.78 is 5.29. The molecule has 1 aromatic carbocycles. The molecule has 2 N–H and O–H groups in total. The van der Waals surface area contributed by atoms with Gasteiger partial charge in [0.1, 0.15) is 5.75 Å². The zero-order chi connectivity index (χ0) is 14.3. The molecule has 0 saturated carbocycles. The Hall–Kier alpha value is -2.06. The van der Waals surface area contributed by atoms with Gasteiger partial charge in [0, 0.05) is 6.04 Å². The molecule has 5 heteroatoms. The molecule has 0 aliphatic carbocycles. The highest BCUT2D eigenvalue weighted by atomic mass is 16.5. The van der Waals surface area contributed by atoms with E-state index in [1.54, 1.807) is 31.2 Å². The SMILES string of the molecule is CC(O)CC(C)NC(=O)COc1ccc(C#N)cc1. The molecular formula is C14H18N2O3. The summed E-state index contributed by atoms with van der Waals surface area (Å²) in [6, 6.07) is 8.45. The van der Waals surface area contributed by atoms with Crippen LogP contribution in [0.3, 0.4) is 0 Å². The van der Waals surface area contributed by atoms with Crippen molar-refractivity contribution >= 4 is 5.91 Å². The van der Waals surface area contributed by atoms with Crippen LogP contribution in [0.15, 0.2) is 24.3 Å². The van der Waals surface area contributed by atoms with Crippen molar-refractivity contribution in [3.05, 3.63) is 29.8 Å². The molecule has 0 saturated heterocycles. The number of carbonyl (C=O) groups is 1. The fourth-order valence-corrected chi connectivity index (χ4v) is 1.66. The third-order valence-electron chi connectivity index (χ3n) is 2.46. The fourth-order valence-electron chi connectivity index (χ4n) is 1.66. The van der Waals surface area contributed by atoms with E-state index >= 15 is 0 Å². The van der Waals surface area contributed by atoms with Crippen LogP contribution in [-0.2, 0) is 4.79 Å². The number of hydrogen-bond donors (Lipinski definition) is 2. The number of nitrogens with one attached hydrogen (secondary N) is 1. The molecule has 19 heavy (non-hydrogen) atoms. The van der Waals surface area contributed by atoms with Gasteiger partial charge in [-0.05, 0) is 44.5 Å². The predicted molar refractivity (Wildman–Crippen MR) is 70.6 cm³/mol. The molecule has 102 valence electrons. The van der Waals surface area contributed by atoms with Crippen LogP contribution >= 0.6 is 0 Å². The second-order valence-corrected chi connectivity index (χ2v) is 4.48. The van der Waals surface area contributed by atoms with E-state index in [0.29, 0.717) is 17.7 Å². The number of aliphatic hydroxyl groups excluding tert-OH is 1. The number of rotatable bonds is 6. The molecule has 0 radical (unpaired) electrons. The normalized spacial score (nSPS) is 13.2. The van der Waals surface area contributed by atoms with E-state index in [1.165, 1.54) is 0 Å². The van der Waals surface area contributed by atoms with Crippen LogP contribution in [0.1, 0.15) is 25.8 Å². The Kier molecular flexibility index (Phi) is 5.83. The molecular weight excluding hydrogens is 244 g/mol. The summed E-state index contributed by atoms with van der Waals surface area (Å²) in [7, 11) is 0. The highest BCUT2D eigenvalue weighted by Crippen LogP contribution is 2.11. The van der Waals surface area contributed by atoms with Crippen LogP contribution in [-0.4, -0.2) is 29.8 Å². The van der Waals surface area contributed by atoms with E-state index in [-0.39, 0.29) is 18.6 Å². The maximum atomic E-state index is 11.6. The lowest BCUT2D eigenvalue weighted by Gasteiger charge is -2.15. The second kappa shape index (κ2) is 7.39. The summed E-state index contributed by atoms with van der Waals surface area (Å²) in [6.45, 7) is 3.41. The van der Waals surface area contributed by atoms with Crippen molar-refractivity contribution in [2.45, 2.75) is 32.4 Å². The summed E-state index contributed by atoms with van der Waals surface area (Å²) in [5.41, 5.74) is 0.544. The number of nitriles is 1. The third kappa shape index (κ3) is 5.89. The third-order valence-corrected chi connectivity index (χ3v) is 2.46. The average Bonchev–Trinajstić information content (AvgIpc) is 2.36. The monoisotopic (exact) mass is 262 g/mol. The lowest BCUT2D eigenvalue weighted by molar-refractivity contribution is -0.123. The highest BCUT2D eigenvalue weighted by Gasteiger charge is 2.10. The minimum Gasteiger partial charge on any atom is -0.484 e. The van der Waals surface area contributed by atoms with Gasteiger partial charge in [0.15, 0.2) is 6.61 Å². The fraction of sp³-hybridized carbons (Fsp3) is 0.429. The molecule has 1 aromatic rings. The van der Waals surface area contributed by atoms with Gasteiger partial charge in [-0.15, -0.1) is 0 Å². The van der Waals surface area contributed by atoms with E-state index in [9.17, 15) is 9.90 Å². The molecule has 0 aromatic heterocycles. The van der Waals surface area contributed by atoms with E-state index in [4.69, 9.17) is 10.00 Å². The molecule has 0 bridgehead atoms. The maximum absolute atomic E-state index is 11.6. The lowest BCUT2D eigenvalue weighted by Crippen LogP contribution is -2.37. The van der Waals surface area contributed by atoms with Gasteiger partial charge in [-0.2, -0.15) is 5.26 Å². The Labute approximate surface area is 112 Å². The van der Waals surface area contributed by atoms with Crippen LogP contribution in [0.25, 0.3) is 0 Å². The average molecular weight is 262 g/mol. The Morgan fingerprint density at radius 1 is 1.42 bits per heavy atom. The largest absolute Gasteiger partial charge is 0.484 e. The van der Waals surface area contributed by atoms with Crippen LogP contribution in [0.4, 0.5) is 0 Å². The summed E-state index contributed by atoms with van der Waals surface area (Å²) >= 11 is 0. The van der Waals surface area contributed by atoms with Gasteiger partial charge in [-0.25, -0.2) is 0 Å². The highest BCUT2D eigenvalue weighted by molar-refractivity contribution is 5.77. The number of carbonyl (C=O) groups excluding carboxylic acids is 1. The van der Waals surface area contributed by atoms with Gasteiger partial charge in [0.2, 0.25) is 0 Å². The second-order valence-electron chi connectivity index (χ2n) is 4.48. The van der Waals surface area contributed by atoms with Crippen molar-refractivity contribution in [1.29, 1.82) is 5.26 Å². The molecule has 0 aliphatic rings. The van der Waals surface area contributed by atoms with E-state index in [2.05, 4.69) is 5.32 Å². The van der Waals surface area contributed by atoms with E-state index < -0.39 is 6.10 Å². The zero-order valence-corrected chi connectivity index (χ0v) is 11.1. The Morgan fingerprint density at radius 2 is 2.05 bits per heavy atom. The predicted octanol–water partition coefficient (Wildman–Crippen LogP) is 1.21. The summed E-state index contributed by atoms with van der Waals surface area (Å²) in [4.78, 5) is 11.6. The van der Waals surface area contributed by atoms with Crippen molar-refractivity contribution in [1.82, 2.24) is 5.32 Å². The first-order valence-corrected chi connectivity index (χ1v) is 6.11. The van der Waals surface area contributed by atoms with Crippen molar-refractivity contribution in [3.8, 4) is 11.8 Å². The summed E-state index contributed by atoms with van der Waals surface area (Å²) in [6.07, 6.45) is 0.0533. The Balaban J connectivity index is 2.35. The number of ether oxygens (including phenoxy) is 1. The topological polar surface area (TPSA) is 82.3 Å². The van der Waals surface area contributed by atoms with Gasteiger partial charge in [-0.1, -0.05) is 0 Å². The van der Waals surface area contributed by atoms with Crippen molar-refractivity contribution in [2.75, 3.05) is 6.61 Å².